The van der Waals surface area contributed by atoms with Crippen LogP contribution in [0.5, 0.6) is 0 Å². The van der Waals surface area contributed by atoms with Crippen LogP contribution in [0.15, 0.2) is 4.99 Å². The molecule has 8 heteroatoms. The smallest absolute Gasteiger partial charge is 0.193 e. The van der Waals surface area contributed by atoms with Gasteiger partial charge in [0.25, 0.3) is 0 Å². The summed E-state index contributed by atoms with van der Waals surface area (Å²) in [4.78, 5) is 6.97. The molecular formula is C16H32IN3O3S. The maximum absolute atomic E-state index is 12.3. The van der Waals surface area contributed by atoms with Crippen molar-refractivity contribution >= 4 is 39.8 Å². The van der Waals surface area contributed by atoms with Gasteiger partial charge in [-0.3, -0.25) is 4.99 Å². The van der Waals surface area contributed by atoms with Gasteiger partial charge in [0.05, 0.1) is 11.3 Å². The van der Waals surface area contributed by atoms with Crippen LogP contribution in [-0.4, -0.2) is 69.7 Å². The highest BCUT2D eigenvalue weighted by Crippen LogP contribution is 2.31. The third-order valence-corrected chi connectivity index (χ3v) is 7.13. The third-order valence-electron chi connectivity index (χ3n) is 5.02. The lowest BCUT2D eigenvalue weighted by Gasteiger charge is -2.34. The molecule has 0 atom stereocenters. The molecule has 0 aliphatic carbocycles. The first-order valence-electron chi connectivity index (χ1n) is 8.50. The van der Waals surface area contributed by atoms with Crippen LogP contribution in [0.3, 0.4) is 0 Å². The van der Waals surface area contributed by atoms with E-state index in [0.29, 0.717) is 32.6 Å². The molecule has 2 aliphatic rings. The number of nitrogens with zero attached hydrogens (tertiary/aromatic N) is 2. The summed E-state index contributed by atoms with van der Waals surface area (Å²) < 4.78 is 29.3. The highest BCUT2D eigenvalue weighted by atomic mass is 127. The molecule has 0 aromatic heterocycles. The maximum atomic E-state index is 12.3. The molecule has 1 N–H and O–H groups in total. The minimum absolute atomic E-state index is 0. The Labute approximate surface area is 163 Å². The molecule has 2 saturated heterocycles. The second-order valence-corrected chi connectivity index (χ2v) is 9.98. The summed E-state index contributed by atoms with van der Waals surface area (Å²) in [5.74, 6) is 0.840. The number of nitrogens with one attached hydrogen (secondary N) is 1. The number of hydrogen-bond acceptors (Lipinski definition) is 4. The second-order valence-electron chi connectivity index (χ2n) is 7.57. The van der Waals surface area contributed by atoms with Gasteiger partial charge in [-0.25, -0.2) is 8.42 Å². The normalized spacial score (nSPS) is 23.7. The van der Waals surface area contributed by atoms with E-state index in [1.54, 1.807) is 0 Å². The lowest BCUT2D eigenvalue weighted by Crippen LogP contribution is -2.48. The van der Waals surface area contributed by atoms with Crippen LogP contribution in [0.4, 0.5) is 0 Å². The summed E-state index contributed by atoms with van der Waals surface area (Å²) in [5, 5.41) is 3.32. The van der Waals surface area contributed by atoms with Crippen LogP contribution in [0.2, 0.25) is 0 Å². The number of hydrogen-bond donors (Lipinski definition) is 1. The van der Waals surface area contributed by atoms with E-state index >= 15 is 0 Å². The fraction of sp³-hybridized carbons (Fsp3) is 0.938. The van der Waals surface area contributed by atoms with Gasteiger partial charge < -0.3 is 15.0 Å². The van der Waals surface area contributed by atoms with Crippen molar-refractivity contribution in [3.05, 3.63) is 0 Å². The minimum Gasteiger partial charge on any atom is -0.381 e. The first-order chi connectivity index (χ1) is 10.7. The summed E-state index contributed by atoms with van der Waals surface area (Å²) in [5.41, 5.74) is 0.281. The maximum Gasteiger partial charge on any atom is 0.193 e. The van der Waals surface area contributed by atoms with E-state index in [9.17, 15) is 8.42 Å². The van der Waals surface area contributed by atoms with E-state index in [4.69, 9.17) is 9.73 Å². The Morgan fingerprint density at radius 3 is 2.33 bits per heavy atom. The Balaban J connectivity index is 0.00000288. The van der Waals surface area contributed by atoms with Crippen LogP contribution in [0.1, 0.15) is 40.0 Å². The Kier molecular flexibility index (Phi) is 7.80. The fourth-order valence-electron chi connectivity index (χ4n) is 3.33. The van der Waals surface area contributed by atoms with Gasteiger partial charge in [0, 0.05) is 39.1 Å². The summed E-state index contributed by atoms with van der Waals surface area (Å²) in [6.45, 7) is 10.6. The Bertz CT molecular complexity index is 543. The molecule has 2 aliphatic heterocycles. The lowest BCUT2D eigenvalue weighted by atomic mass is 9.93. The van der Waals surface area contributed by atoms with Crippen LogP contribution in [0, 0.1) is 5.41 Å². The summed E-state index contributed by atoms with van der Waals surface area (Å²) >= 11 is 0. The number of likely N-dealkylation sites (tertiary alicyclic amines) is 1. The average molecular weight is 473 g/mol. The third kappa shape index (κ3) is 5.20. The van der Waals surface area contributed by atoms with Gasteiger partial charge in [0.1, 0.15) is 0 Å². The van der Waals surface area contributed by atoms with Crippen molar-refractivity contribution in [3.63, 3.8) is 0 Å². The van der Waals surface area contributed by atoms with Crippen molar-refractivity contribution in [2.75, 3.05) is 45.6 Å². The molecule has 0 aromatic carbocycles. The van der Waals surface area contributed by atoms with Crippen LogP contribution in [-0.2, 0) is 14.6 Å². The molecule has 0 saturated carbocycles. The Morgan fingerprint density at radius 1 is 1.25 bits per heavy atom. The molecule has 0 bridgehead atoms. The monoisotopic (exact) mass is 473 g/mol. The zero-order valence-electron chi connectivity index (χ0n) is 15.3. The molecule has 142 valence electrons. The van der Waals surface area contributed by atoms with Gasteiger partial charge in [-0.1, -0.05) is 13.8 Å². The van der Waals surface area contributed by atoms with E-state index in [2.05, 4.69) is 24.1 Å². The minimum atomic E-state index is -3.18. The quantitative estimate of drug-likeness (QED) is 0.384. The number of sulfone groups is 1. The van der Waals surface area contributed by atoms with E-state index < -0.39 is 14.6 Å². The molecule has 0 spiro atoms. The Morgan fingerprint density at radius 2 is 1.88 bits per heavy atom. The Hall–Kier alpha value is -0.0900. The largest absolute Gasteiger partial charge is 0.381 e. The van der Waals surface area contributed by atoms with Crippen LogP contribution < -0.4 is 5.32 Å². The van der Waals surface area contributed by atoms with Gasteiger partial charge in [0.2, 0.25) is 0 Å². The summed E-state index contributed by atoms with van der Waals surface area (Å²) in [7, 11) is -3.18. The standard InChI is InChI=1S/C16H31N3O3S.HI/c1-5-17-14(19-9-6-15(2,3)13-19)18-12-16(23(4,20)21)7-10-22-11-8-16;/h5-13H2,1-4H3,(H,17,18);1H. The van der Waals surface area contributed by atoms with E-state index in [1.807, 2.05) is 6.92 Å². The number of rotatable bonds is 4. The van der Waals surface area contributed by atoms with Gasteiger partial charge in [0.15, 0.2) is 15.8 Å². The van der Waals surface area contributed by atoms with Crippen LogP contribution in [0.25, 0.3) is 0 Å². The molecule has 2 fully saturated rings. The van der Waals surface area contributed by atoms with Gasteiger partial charge in [-0.15, -0.1) is 24.0 Å². The second kappa shape index (κ2) is 8.53. The molecule has 24 heavy (non-hydrogen) atoms. The van der Waals surface area contributed by atoms with E-state index in [1.165, 1.54) is 6.26 Å². The molecule has 6 nitrogen and oxygen atoms in total. The first kappa shape index (κ1) is 22.0. The topological polar surface area (TPSA) is 71.0 Å². The van der Waals surface area contributed by atoms with Gasteiger partial charge in [-0.05, 0) is 31.6 Å². The van der Waals surface area contributed by atoms with Crippen molar-refractivity contribution in [1.82, 2.24) is 10.2 Å². The molecule has 2 heterocycles. The molecule has 2 rings (SSSR count). The molecular weight excluding hydrogens is 441 g/mol. The number of aliphatic imine (C=N–C) groups is 1. The van der Waals surface area contributed by atoms with Crippen molar-refractivity contribution in [2.45, 2.75) is 44.8 Å². The van der Waals surface area contributed by atoms with Crippen molar-refractivity contribution in [2.24, 2.45) is 10.4 Å². The molecule has 0 aromatic rings. The van der Waals surface area contributed by atoms with E-state index in [0.717, 1.165) is 32.0 Å². The number of guanidine groups is 1. The molecule has 0 radical (unpaired) electrons. The predicted octanol–water partition coefficient (Wildman–Crippen LogP) is 1.90. The highest BCUT2D eigenvalue weighted by molar-refractivity contribution is 14.0. The van der Waals surface area contributed by atoms with Gasteiger partial charge in [-0.2, -0.15) is 0 Å². The first-order valence-corrected chi connectivity index (χ1v) is 10.4. The van der Waals surface area contributed by atoms with E-state index in [-0.39, 0.29) is 29.4 Å². The van der Waals surface area contributed by atoms with Crippen LogP contribution >= 0.6 is 24.0 Å². The zero-order chi connectivity index (χ0) is 17.1. The van der Waals surface area contributed by atoms with Crippen molar-refractivity contribution < 1.29 is 13.2 Å². The SMILES string of the molecule is CCNC(=NCC1(S(C)(=O)=O)CCOCC1)N1CCC(C)(C)C1.I. The zero-order valence-corrected chi connectivity index (χ0v) is 18.4. The van der Waals surface area contributed by atoms with Gasteiger partial charge >= 0.3 is 0 Å². The predicted molar refractivity (Wildman–Crippen MR) is 109 cm³/mol. The average Bonchev–Trinajstić information content (AvgIpc) is 2.83. The summed E-state index contributed by atoms with van der Waals surface area (Å²) in [6, 6.07) is 0. The summed E-state index contributed by atoms with van der Waals surface area (Å²) in [6.07, 6.45) is 3.52. The van der Waals surface area contributed by atoms with Crippen molar-refractivity contribution in [1.29, 1.82) is 0 Å². The fourth-order valence-corrected chi connectivity index (χ4v) is 4.53. The highest BCUT2D eigenvalue weighted by Gasteiger charge is 2.42. The molecule has 0 unspecified atom stereocenters. The lowest BCUT2D eigenvalue weighted by molar-refractivity contribution is 0.0767. The molecule has 0 amide bonds. The number of ether oxygens (including phenoxy) is 1. The van der Waals surface area contributed by atoms with Crippen molar-refractivity contribution in [3.8, 4) is 0 Å². The number of halogens is 1.